The van der Waals surface area contributed by atoms with Gasteiger partial charge in [0.2, 0.25) is 0 Å². The second-order valence-corrected chi connectivity index (χ2v) is 2.34. The van der Waals surface area contributed by atoms with Crippen molar-refractivity contribution in [1.82, 2.24) is 0 Å². The van der Waals surface area contributed by atoms with Gasteiger partial charge in [-0.3, -0.25) is 0 Å². The maximum Gasteiger partial charge on any atom is 1.00 e. The summed E-state index contributed by atoms with van der Waals surface area (Å²) in [6.45, 7) is 8.39. The van der Waals surface area contributed by atoms with E-state index in [0.717, 1.165) is 0 Å². The van der Waals surface area contributed by atoms with Gasteiger partial charge in [0.1, 0.15) is 0 Å². The predicted molar refractivity (Wildman–Crippen MR) is 33.6 cm³/mol. The van der Waals surface area contributed by atoms with Gasteiger partial charge >= 0.3 is 51.4 Å². The van der Waals surface area contributed by atoms with Gasteiger partial charge in [-0.1, -0.05) is 27.7 Å². The Kier molecular flexibility index (Phi) is 10.3. The van der Waals surface area contributed by atoms with Crippen molar-refractivity contribution in [2.24, 2.45) is 0 Å². The van der Waals surface area contributed by atoms with Crippen LogP contribution in [0.1, 0.15) is 27.7 Å². The summed E-state index contributed by atoms with van der Waals surface area (Å²) in [7, 11) is 0. The van der Waals surface area contributed by atoms with Gasteiger partial charge in [0, 0.05) is 0 Å². The Morgan fingerprint density at radius 2 is 1.12 bits per heavy atom. The first-order chi connectivity index (χ1) is 3.13. The zero-order valence-electron chi connectivity index (χ0n) is 6.60. The number of rotatable bonds is 2. The molecular weight excluding hydrogens is 125 g/mol. The van der Waals surface area contributed by atoms with Gasteiger partial charge < -0.3 is 5.32 Å². The van der Waals surface area contributed by atoms with Gasteiger partial charge in [0.15, 0.2) is 0 Å². The van der Waals surface area contributed by atoms with Gasteiger partial charge in [-0.15, -0.1) is 12.1 Å². The van der Waals surface area contributed by atoms with Crippen LogP contribution in [0.25, 0.3) is 5.32 Å². The molecule has 0 amide bonds. The zero-order chi connectivity index (χ0) is 5.86. The molecular formula is C6H14KN. The molecule has 0 atom stereocenters. The summed E-state index contributed by atoms with van der Waals surface area (Å²) in [4.78, 5) is 0. The molecule has 44 valence electrons. The molecule has 0 unspecified atom stereocenters. The average Bonchev–Trinajstić information content (AvgIpc) is 1.27. The van der Waals surface area contributed by atoms with Crippen LogP contribution in [-0.4, -0.2) is 12.1 Å². The molecule has 0 aromatic carbocycles. The fourth-order valence-corrected chi connectivity index (χ4v) is 0.596. The Balaban J connectivity index is 0. The summed E-state index contributed by atoms with van der Waals surface area (Å²) in [6, 6.07) is 1.000. The molecule has 0 aromatic rings. The first-order valence-electron chi connectivity index (χ1n) is 2.83. The first kappa shape index (κ1) is 12.3. The van der Waals surface area contributed by atoms with Gasteiger partial charge in [0.25, 0.3) is 0 Å². The fraction of sp³-hybridized carbons (Fsp3) is 1.00. The van der Waals surface area contributed by atoms with Crippen molar-refractivity contribution in [3.63, 3.8) is 0 Å². The summed E-state index contributed by atoms with van der Waals surface area (Å²) in [5.74, 6) is 0. The van der Waals surface area contributed by atoms with Gasteiger partial charge in [-0.25, -0.2) is 0 Å². The van der Waals surface area contributed by atoms with E-state index in [9.17, 15) is 0 Å². The van der Waals surface area contributed by atoms with Crippen LogP contribution >= 0.6 is 0 Å². The van der Waals surface area contributed by atoms with E-state index >= 15 is 0 Å². The molecule has 0 saturated heterocycles. The molecule has 0 bridgehead atoms. The van der Waals surface area contributed by atoms with Crippen LogP contribution in [-0.2, 0) is 0 Å². The molecule has 0 fully saturated rings. The minimum Gasteiger partial charge on any atom is -0.658 e. The summed E-state index contributed by atoms with van der Waals surface area (Å²) < 4.78 is 0. The summed E-state index contributed by atoms with van der Waals surface area (Å²) in [6.07, 6.45) is 0. The summed E-state index contributed by atoms with van der Waals surface area (Å²) >= 11 is 0. The van der Waals surface area contributed by atoms with Crippen LogP contribution in [0.15, 0.2) is 0 Å². The standard InChI is InChI=1S/C6H14N.K/c1-5(2)7-6(3)4;/h5-6H,1-4H3;/q-1;+1. The third-order valence-electron chi connectivity index (χ3n) is 0.596. The molecule has 0 aromatic heterocycles. The van der Waals surface area contributed by atoms with Crippen molar-refractivity contribution in [3.05, 3.63) is 5.32 Å². The quantitative estimate of drug-likeness (QED) is 0.444. The molecule has 2 heteroatoms. The van der Waals surface area contributed by atoms with Crippen LogP contribution in [0.3, 0.4) is 0 Å². The van der Waals surface area contributed by atoms with Gasteiger partial charge in [-0.2, -0.15) is 0 Å². The molecule has 0 N–H and O–H groups in total. The Morgan fingerprint density at radius 3 is 1.12 bits per heavy atom. The van der Waals surface area contributed by atoms with E-state index in [2.05, 4.69) is 33.0 Å². The van der Waals surface area contributed by atoms with Crippen LogP contribution in [0.2, 0.25) is 0 Å². The molecule has 0 aliphatic heterocycles. The molecule has 0 spiro atoms. The van der Waals surface area contributed by atoms with E-state index in [1.54, 1.807) is 0 Å². The number of hydrogen-bond donors (Lipinski definition) is 0. The van der Waals surface area contributed by atoms with Crippen molar-refractivity contribution in [3.8, 4) is 0 Å². The molecule has 0 rings (SSSR count). The van der Waals surface area contributed by atoms with Crippen molar-refractivity contribution in [2.45, 2.75) is 39.8 Å². The Labute approximate surface area is 95.0 Å². The molecule has 8 heavy (non-hydrogen) atoms. The van der Waals surface area contributed by atoms with Crippen LogP contribution < -0.4 is 51.4 Å². The van der Waals surface area contributed by atoms with Gasteiger partial charge in [0.05, 0.1) is 0 Å². The van der Waals surface area contributed by atoms with Crippen molar-refractivity contribution in [1.29, 1.82) is 0 Å². The van der Waals surface area contributed by atoms with Crippen molar-refractivity contribution in [2.75, 3.05) is 0 Å². The second kappa shape index (κ2) is 6.71. The predicted octanol–water partition coefficient (Wildman–Crippen LogP) is -0.819. The van der Waals surface area contributed by atoms with E-state index in [-0.39, 0.29) is 51.4 Å². The maximum absolute atomic E-state index is 4.28. The normalized spacial score (nSPS) is 9.75. The zero-order valence-corrected chi connectivity index (χ0v) is 9.73. The Bertz CT molecular complexity index is 37.8. The molecule has 1 nitrogen and oxygen atoms in total. The molecule has 0 saturated carbocycles. The topological polar surface area (TPSA) is 14.1 Å². The SMILES string of the molecule is CC(C)[N-]C(C)C.[K+]. The Hall–Kier alpha value is 1.60. The van der Waals surface area contributed by atoms with Crippen LogP contribution in [0.4, 0.5) is 0 Å². The average molecular weight is 139 g/mol. The minimum absolute atomic E-state index is 0. The first-order valence-corrected chi connectivity index (χ1v) is 2.83. The maximum atomic E-state index is 4.28. The summed E-state index contributed by atoms with van der Waals surface area (Å²) in [5, 5.41) is 4.28. The monoisotopic (exact) mass is 139 g/mol. The van der Waals surface area contributed by atoms with Gasteiger partial charge in [-0.05, 0) is 0 Å². The van der Waals surface area contributed by atoms with Crippen LogP contribution in [0, 0.1) is 0 Å². The Morgan fingerprint density at radius 1 is 0.875 bits per heavy atom. The van der Waals surface area contributed by atoms with E-state index in [4.69, 9.17) is 0 Å². The van der Waals surface area contributed by atoms with E-state index in [0.29, 0.717) is 12.1 Å². The molecule has 0 radical (unpaired) electrons. The second-order valence-electron chi connectivity index (χ2n) is 2.34. The molecule has 0 heterocycles. The number of hydrogen-bond acceptors (Lipinski definition) is 0. The minimum atomic E-state index is 0. The number of nitrogens with zero attached hydrogens (tertiary/aromatic N) is 1. The van der Waals surface area contributed by atoms with Crippen LogP contribution in [0.5, 0.6) is 0 Å². The summed E-state index contributed by atoms with van der Waals surface area (Å²) in [5.41, 5.74) is 0. The third kappa shape index (κ3) is 10.6. The third-order valence-corrected chi connectivity index (χ3v) is 0.596. The van der Waals surface area contributed by atoms with E-state index in [1.807, 2.05) is 0 Å². The molecule has 0 aliphatic rings. The van der Waals surface area contributed by atoms with Crippen molar-refractivity contribution < 1.29 is 51.4 Å². The van der Waals surface area contributed by atoms with Crippen molar-refractivity contribution >= 4 is 0 Å². The largest absolute Gasteiger partial charge is 1.00 e. The fourth-order valence-electron chi connectivity index (χ4n) is 0.596. The molecule has 0 aliphatic carbocycles. The smallest absolute Gasteiger partial charge is 0.658 e. The van der Waals surface area contributed by atoms with E-state index < -0.39 is 0 Å². The van der Waals surface area contributed by atoms with E-state index in [1.165, 1.54) is 0 Å².